The van der Waals surface area contributed by atoms with Crippen molar-refractivity contribution in [3.63, 3.8) is 0 Å². The summed E-state index contributed by atoms with van der Waals surface area (Å²) in [7, 11) is -4.84. The third-order valence-corrected chi connectivity index (χ3v) is 4.37. The van der Waals surface area contributed by atoms with Gasteiger partial charge in [-0.1, -0.05) is 0 Å². The number of nitrogens with one attached hydrogen (secondary N) is 1. The number of nitrogens with two attached hydrogens (primary N) is 1. The van der Waals surface area contributed by atoms with E-state index in [9.17, 15) is 29.2 Å². The topological polar surface area (TPSA) is 244 Å². The minimum absolute atomic E-state index is 0.346. The number of phosphoric acid groups is 1. The fraction of sp³-hybridized carbons (Fsp3) is 0.538. The molecule has 1 fully saturated rings. The van der Waals surface area contributed by atoms with Gasteiger partial charge in [0.25, 0.3) is 5.91 Å². The smallest absolute Gasteiger partial charge is 0.469 e. The molecule has 0 spiro atoms. The summed E-state index contributed by atoms with van der Waals surface area (Å²) in [4.78, 5) is 55.2. The number of phosphoric ester groups is 1. The molecule has 0 bridgehead atoms. The molecule has 162 valence electrons. The molecule has 16 heteroatoms. The molecule has 29 heavy (non-hydrogen) atoms. The first kappa shape index (κ1) is 22.9. The van der Waals surface area contributed by atoms with Crippen LogP contribution in [0.15, 0.2) is 6.33 Å². The van der Waals surface area contributed by atoms with Gasteiger partial charge in [-0.15, -0.1) is 0 Å². The molecule has 1 aliphatic rings. The number of aliphatic carboxylic acids is 1. The third kappa shape index (κ3) is 5.80. The number of carboxylic acids is 1. The second-order valence-electron chi connectivity index (χ2n) is 5.99. The number of aliphatic hydroxyl groups is 2. The average molecular weight is 438 g/mol. The van der Waals surface area contributed by atoms with Crippen molar-refractivity contribution in [2.75, 3.05) is 12.3 Å². The van der Waals surface area contributed by atoms with Crippen molar-refractivity contribution >= 4 is 31.4 Å². The minimum atomic E-state index is -4.84. The number of aromatic nitrogens is 2. The van der Waals surface area contributed by atoms with Crippen LogP contribution < -0.4 is 11.1 Å². The molecule has 1 saturated heterocycles. The number of nitrogen functional groups attached to an aromatic ring is 1. The lowest BCUT2D eigenvalue weighted by atomic mass is 10.1. The molecule has 2 rings (SSSR count). The molecule has 4 atom stereocenters. The number of carbonyl (C=O) groups excluding carboxylic acids is 2. The molecule has 1 aromatic heterocycles. The highest BCUT2D eigenvalue weighted by Gasteiger charge is 2.45. The van der Waals surface area contributed by atoms with Crippen molar-refractivity contribution in [2.45, 2.75) is 37.4 Å². The Balaban J connectivity index is 2.08. The summed E-state index contributed by atoms with van der Waals surface area (Å²) in [6, 6.07) is 0. The molecule has 8 N–H and O–H groups in total. The molecule has 1 aliphatic heterocycles. The van der Waals surface area contributed by atoms with Crippen molar-refractivity contribution in [3.8, 4) is 0 Å². The van der Waals surface area contributed by atoms with Crippen molar-refractivity contribution in [3.05, 3.63) is 12.0 Å². The molecule has 2 heterocycles. The summed E-state index contributed by atoms with van der Waals surface area (Å²) >= 11 is 0. The number of hydrogen-bond acceptors (Lipinski definition) is 10. The first-order valence-electron chi connectivity index (χ1n) is 8.00. The van der Waals surface area contributed by atoms with E-state index in [1.807, 2.05) is 5.32 Å². The predicted molar refractivity (Wildman–Crippen MR) is 89.9 cm³/mol. The Morgan fingerprint density at radius 3 is 2.52 bits per heavy atom. The van der Waals surface area contributed by atoms with E-state index in [1.54, 1.807) is 0 Å². The highest BCUT2D eigenvalue weighted by atomic mass is 31.2. The van der Waals surface area contributed by atoms with Gasteiger partial charge in [-0.2, -0.15) is 0 Å². The largest absolute Gasteiger partial charge is 0.481 e. The number of hydrogen-bond donors (Lipinski definition) is 7. The van der Waals surface area contributed by atoms with Gasteiger partial charge in [0.05, 0.1) is 19.4 Å². The minimum Gasteiger partial charge on any atom is -0.481 e. The maximum atomic E-state index is 12.1. The Morgan fingerprint density at radius 2 is 1.93 bits per heavy atom. The maximum Gasteiger partial charge on any atom is 0.469 e. The lowest BCUT2D eigenvalue weighted by Crippen LogP contribution is -2.34. The van der Waals surface area contributed by atoms with Crippen LogP contribution in [-0.4, -0.2) is 77.4 Å². The number of rotatable bonds is 8. The van der Waals surface area contributed by atoms with Gasteiger partial charge in [-0.3, -0.25) is 28.8 Å². The third-order valence-electron chi connectivity index (χ3n) is 3.88. The van der Waals surface area contributed by atoms with Crippen LogP contribution in [0.4, 0.5) is 5.82 Å². The molecule has 2 amide bonds. The molecular formula is C13H19N4O11P. The van der Waals surface area contributed by atoms with Gasteiger partial charge in [-0.05, 0) is 0 Å². The van der Waals surface area contributed by atoms with Crippen LogP contribution >= 0.6 is 7.82 Å². The van der Waals surface area contributed by atoms with Crippen LogP contribution in [0.5, 0.6) is 0 Å². The van der Waals surface area contributed by atoms with Gasteiger partial charge in [0.2, 0.25) is 5.91 Å². The van der Waals surface area contributed by atoms with E-state index >= 15 is 0 Å². The second-order valence-corrected chi connectivity index (χ2v) is 7.23. The van der Waals surface area contributed by atoms with E-state index in [4.69, 9.17) is 25.4 Å². The van der Waals surface area contributed by atoms with E-state index in [0.29, 0.717) is 0 Å². The van der Waals surface area contributed by atoms with E-state index in [-0.39, 0.29) is 5.82 Å². The fourth-order valence-corrected chi connectivity index (χ4v) is 2.83. The van der Waals surface area contributed by atoms with Gasteiger partial charge < -0.3 is 35.6 Å². The fourth-order valence-electron chi connectivity index (χ4n) is 2.48. The summed E-state index contributed by atoms with van der Waals surface area (Å²) in [6.07, 6.45) is -5.83. The average Bonchev–Trinajstić information content (AvgIpc) is 3.11. The molecule has 1 aromatic rings. The van der Waals surface area contributed by atoms with Crippen LogP contribution in [-0.2, 0) is 23.4 Å². The van der Waals surface area contributed by atoms with E-state index in [2.05, 4.69) is 9.51 Å². The van der Waals surface area contributed by atoms with Crippen LogP contribution in [0.1, 0.15) is 29.6 Å². The molecular weight excluding hydrogens is 419 g/mol. The lowest BCUT2D eigenvalue weighted by Gasteiger charge is -2.17. The highest BCUT2D eigenvalue weighted by Crippen LogP contribution is 2.38. The first-order valence-corrected chi connectivity index (χ1v) is 9.53. The first-order chi connectivity index (χ1) is 13.4. The summed E-state index contributed by atoms with van der Waals surface area (Å²) in [6.45, 7) is -0.737. The Kier molecular flexibility index (Phi) is 7.07. The zero-order valence-electron chi connectivity index (χ0n) is 14.6. The predicted octanol–water partition coefficient (Wildman–Crippen LogP) is -2.68. The number of amides is 2. The number of carbonyl (C=O) groups is 3. The van der Waals surface area contributed by atoms with Crippen LogP contribution in [0, 0.1) is 0 Å². The van der Waals surface area contributed by atoms with Crippen molar-refractivity contribution in [1.82, 2.24) is 14.9 Å². The number of imide groups is 1. The summed E-state index contributed by atoms with van der Waals surface area (Å²) in [5.74, 6) is -3.46. The van der Waals surface area contributed by atoms with Crippen LogP contribution in [0.3, 0.4) is 0 Å². The van der Waals surface area contributed by atoms with Gasteiger partial charge in [-0.25, -0.2) is 9.55 Å². The number of ether oxygens (including phenoxy) is 1. The van der Waals surface area contributed by atoms with E-state index < -0.39 is 75.3 Å². The van der Waals surface area contributed by atoms with Crippen LogP contribution in [0.2, 0.25) is 0 Å². The number of aliphatic hydroxyl groups excluding tert-OH is 2. The van der Waals surface area contributed by atoms with Gasteiger partial charge in [0.1, 0.15) is 24.1 Å². The molecule has 0 aliphatic carbocycles. The lowest BCUT2D eigenvalue weighted by molar-refractivity contribution is -0.138. The molecule has 0 unspecified atom stereocenters. The molecule has 0 radical (unpaired) electrons. The number of anilines is 1. The van der Waals surface area contributed by atoms with Crippen molar-refractivity contribution < 1.29 is 53.3 Å². The Labute approximate surface area is 162 Å². The second kappa shape index (κ2) is 8.96. The maximum absolute atomic E-state index is 12.1. The monoisotopic (exact) mass is 438 g/mol. The van der Waals surface area contributed by atoms with Gasteiger partial charge in [0, 0.05) is 6.42 Å². The number of imidazole rings is 1. The SMILES string of the molecule is Nc1c(C(=O)NC(=O)CCC(=O)O)ncn1[C@@H]1O[C@@H](COP(=O)(O)O)[C@H](O)[C@H]1O. The Hall–Kier alpha value is -2.39. The zero-order chi connectivity index (χ0) is 21.9. The zero-order valence-corrected chi connectivity index (χ0v) is 15.5. The standard InChI is InChI=1S/C13H19N4O11P/c14-11-8(12(23)16-6(18)1-2-7(19)20)15-4-17(11)13-10(22)9(21)5(28-13)3-27-29(24,25)26/h4-5,9-10,13,21-22H,1-3,14H2,(H,19,20)(H,16,18,23)(H2,24,25,26)/t5-,9-,10+,13+/m0/s1. The molecule has 0 saturated carbocycles. The highest BCUT2D eigenvalue weighted by molar-refractivity contribution is 7.46. The summed E-state index contributed by atoms with van der Waals surface area (Å²) in [5.41, 5.74) is 5.36. The Morgan fingerprint density at radius 1 is 1.28 bits per heavy atom. The van der Waals surface area contributed by atoms with Gasteiger partial charge in [0.15, 0.2) is 11.9 Å². The molecule has 0 aromatic carbocycles. The number of nitrogens with zero attached hydrogens (tertiary/aromatic N) is 2. The normalized spacial score (nSPS) is 24.4. The Bertz CT molecular complexity index is 837. The summed E-state index contributed by atoms with van der Waals surface area (Å²) < 4.78 is 21.3. The number of carboxylic acid groups (broad SMARTS) is 1. The molecule has 15 nitrogen and oxygen atoms in total. The quantitative estimate of drug-likeness (QED) is 0.205. The van der Waals surface area contributed by atoms with E-state index in [0.717, 1.165) is 10.9 Å². The van der Waals surface area contributed by atoms with Crippen molar-refractivity contribution in [2.24, 2.45) is 0 Å². The van der Waals surface area contributed by atoms with Gasteiger partial charge >= 0.3 is 13.8 Å². The van der Waals surface area contributed by atoms with Crippen LogP contribution in [0.25, 0.3) is 0 Å². The van der Waals surface area contributed by atoms with Crippen molar-refractivity contribution in [1.29, 1.82) is 0 Å². The van der Waals surface area contributed by atoms with E-state index in [1.165, 1.54) is 0 Å². The summed E-state index contributed by atoms with van der Waals surface area (Å²) in [5, 5.41) is 30.5.